The third-order valence-corrected chi connectivity index (χ3v) is 2.56. The Hall–Kier alpha value is -0.940. The molecule has 0 spiro atoms. The summed E-state index contributed by atoms with van der Waals surface area (Å²) in [5.74, 6) is 0.414. The summed E-state index contributed by atoms with van der Waals surface area (Å²) in [6.45, 7) is 1.58. The third kappa shape index (κ3) is 1.57. The Morgan fingerprint density at radius 1 is 1.77 bits per heavy atom. The second-order valence-electron chi connectivity index (χ2n) is 3.43. The SMILES string of the molecule is Cn1nncc1C(N)C1CCOC1. The first-order chi connectivity index (χ1) is 6.29. The fraction of sp³-hybridized carbons (Fsp3) is 0.750. The molecular formula is C8H14N4O. The molecule has 2 rings (SSSR count). The molecule has 5 nitrogen and oxygen atoms in total. The van der Waals surface area contributed by atoms with Crippen LogP contribution < -0.4 is 5.73 Å². The van der Waals surface area contributed by atoms with Gasteiger partial charge in [0.15, 0.2) is 0 Å². The Kier molecular flexibility index (Phi) is 2.28. The number of nitrogens with two attached hydrogens (primary N) is 1. The van der Waals surface area contributed by atoms with Crippen molar-refractivity contribution >= 4 is 0 Å². The van der Waals surface area contributed by atoms with Gasteiger partial charge in [0, 0.05) is 19.6 Å². The number of hydrogen-bond acceptors (Lipinski definition) is 4. The molecule has 2 N–H and O–H groups in total. The van der Waals surface area contributed by atoms with Gasteiger partial charge in [0.25, 0.3) is 0 Å². The first-order valence-corrected chi connectivity index (χ1v) is 4.47. The van der Waals surface area contributed by atoms with Gasteiger partial charge in [-0.05, 0) is 6.42 Å². The maximum atomic E-state index is 6.06. The maximum Gasteiger partial charge on any atom is 0.0754 e. The summed E-state index contributed by atoms with van der Waals surface area (Å²) in [5, 5.41) is 7.66. The van der Waals surface area contributed by atoms with E-state index in [0.29, 0.717) is 5.92 Å². The Morgan fingerprint density at radius 3 is 3.15 bits per heavy atom. The quantitative estimate of drug-likeness (QED) is 0.690. The minimum absolute atomic E-state index is 0.00231. The average Bonchev–Trinajstić information content (AvgIpc) is 2.72. The molecular weight excluding hydrogens is 168 g/mol. The monoisotopic (exact) mass is 182 g/mol. The van der Waals surface area contributed by atoms with E-state index in [4.69, 9.17) is 10.5 Å². The highest BCUT2D eigenvalue weighted by Gasteiger charge is 2.25. The molecule has 2 heterocycles. The fourth-order valence-electron chi connectivity index (χ4n) is 1.68. The Morgan fingerprint density at radius 2 is 2.62 bits per heavy atom. The molecule has 2 atom stereocenters. The van der Waals surface area contributed by atoms with Crippen LogP contribution in [0.1, 0.15) is 18.2 Å². The first kappa shape index (κ1) is 8.65. The maximum absolute atomic E-state index is 6.06. The van der Waals surface area contributed by atoms with Crippen molar-refractivity contribution in [2.24, 2.45) is 18.7 Å². The minimum Gasteiger partial charge on any atom is -0.381 e. The number of ether oxygens (including phenoxy) is 1. The van der Waals surface area contributed by atoms with Crippen LogP contribution in [0.5, 0.6) is 0 Å². The molecule has 0 saturated carbocycles. The summed E-state index contributed by atoms with van der Waals surface area (Å²) in [6.07, 6.45) is 2.76. The second kappa shape index (κ2) is 3.43. The van der Waals surface area contributed by atoms with Gasteiger partial charge < -0.3 is 10.5 Å². The normalized spacial score (nSPS) is 24.9. The van der Waals surface area contributed by atoms with Crippen molar-refractivity contribution in [3.05, 3.63) is 11.9 Å². The van der Waals surface area contributed by atoms with Gasteiger partial charge in [-0.1, -0.05) is 5.21 Å². The Balaban J connectivity index is 2.12. The summed E-state index contributed by atoms with van der Waals surface area (Å²) >= 11 is 0. The first-order valence-electron chi connectivity index (χ1n) is 4.47. The zero-order valence-corrected chi connectivity index (χ0v) is 7.68. The zero-order chi connectivity index (χ0) is 9.26. The van der Waals surface area contributed by atoms with Gasteiger partial charge in [-0.15, -0.1) is 5.10 Å². The van der Waals surface area contributed by atoms with E-state index in [0.717, 1.165) is 25.3 Å². The highest BCUT2D eigenvalue weighted by Crippen LogP contribution is 2.25. The molecule has 0 aromatic carbocycles. The zero-order valence-electron chi connectivity index (χ0n) is 7.68. The van der Waals surface area contributed by atoms with Gasteiger partial charge in [0.2, 0.25) is 0 Å². The fourth-order valence-corrected chi connectivity index (χ4v) is 1.68. The van der Waals surface area contributed by atoms with E-state index in [9.17, 15) is 0 Å². The van der Waals surface area contributed by atoms with E-state index in [-0.39, 0.29) is 6.04 Å². The van der Waals surface area contributed by atoms with Crippen molar-refractivity contribution in [2.45, 2.75) is 12.5 Å². The predicted molar refractivity (Wildman–Crippen MR) is 46.9 cm³/mol. The summed E-state index contributed by atoms with van der Waals surface area (Å²) < 4.78 is 7.01. The van der Waals surface area contributed by atoms with Crippen LogP contribution in [0.4, 0.5) is 0 Å². The van der Waals surface area contributed by atoms with E-state index in [1.165, 1.54) is 0 Å². The molecule has 72 valence electrons. The largest absolute Gasteiger partial charge is 0.381 e. The van der Waals surface area contributed by atoms with Crippen molar-refractivity contribution in [1.29, 1.82) is 0 Å². The lowest BCUT2D eigenvalue weighted by Crippen LogP contribution is -2.24. The summed E-state index contributed by atoms with van der Waals surface area (Å²) in [4.78, 5) is 0. The lowest BCUT2D eigenvalue weighted by atomic mass is 9.97. The number of hydrogen-bond donors (Lipinski definition) is 1. The summed E-state index contributed by atoms with van der Waals surface area (Å²) in [7, 11) is 1.86. The van der Waals surface area contributed by atoms with Crippen molar-refractivity contribution in [1.82, 2.24) is 15.0 Å². The van der Waals surface area contributed by atoms with Gasteiger partial charge >= 0.3 is 0 Å². The van der Waals surface area contributed by atoms with Gasteiger partial charge in [-0.25, -0.2) is 0 Å². The van der Waals surface area contributed by atoms with Crippen LogP contribution >= 0.6 is 0 Å². The van der Waals surface area contributed by atoms with E-state index in [1.807, 2.05) is 7.05 Å². The van der Waals surface area contributed by atoms with Crippen LogP contribution in [0.25, 0.3) is 0 Å². The van der Waals surface area contributed by atoms with Crippen LogP contribution in [-0.4, -0.2) is 28.2 Å². The third-order valence-electron chi connectivity index (χ3n) is 2.56. The molecule has 1 aliphatic heterocycles. The van der Waals surface area contributed by atoms with Crippen LogP contribution in [0, 0.1) is 5.92 Å². The van der Waals surface area contributed by atoms with Crippen molar-refractivity contribution in [3.63, 3.8) is 0 Å². The Labute approximate surface area is 76.9 Å². The van der Waals surface area contributed by atoms with Crippen molar-refractivity contribution in [2.75, 3.05) is 13.2 Å². The van der Waals surface area contributed by atoms with E-state index in [1.54, 1.807) is 10.9 Å². The van der Waals surface area contributed by atoms with E-state index >= 15 is 0 Å². The molecule has 0 bridgehead atoms. The van der Waals surface area contributed by atoms with Crippen LogP contribution in [0.3, 0.4) is 0 Å². The molecule has 1 saturated heterocycles. The summed E-state index contributed by atoms with van der Waals surface area (Å²) in [5.41, 5.74) is 7.05. The van der Waals surface area contributed by atoms with E-state index in [2.05, 4.69) is 10.3 Å². The van der Waals surface area contributed by atoms with Crippen LogP contribution in [0.2, 0.25) is 0 Å². The van der Waals surface area contributed by atoms with Crippen molar-refractivity contribution < 1.29 is 4.74 Å². The molecule has 0 aliphatic carbocycles. The lowest BCUT2D eigenvalue weighted by molar-refractivity contribution is 0.180. The van der Waals surface area contributed by atoms with Crippen LogP contribution in [0.15, 0.2) is 6.20 Å². The molecule has 13 heavy (non-hydrogen) atoms. The molecule has 1 aromatic rings. The van der Waals surface area contributed by atoms with E-state index < -0.39 is 0 Å². The highest BCUT2D eigenvalue weighted by atomic mass is 16.5. The van der Waals surface area contributed by atoms with Gasteiger partial charge in [0.1, 0.15) is 0 Å². The average molecular weight is 182 g/mol. The number of aromatic nitrogens is 3. The molecule has 1 fully saturated rings. The Bertz CT molecular complexity index is 279. The smallest absolute Gasteiger partial charge is 0.0754 e. The molecule has 0 amide bonds. The van der Waals surface area contributed by atoms with Gasteiger partial charge in [0.05, 0.1) is 24.5 Å². The topological polar surface area (TPSA) is 66.0 Å². The summed E-state index contributed by atoms with van der Waals surface area (Å²) in [6, 6.07) is 0.00231. The molecule has 1 aliphatic rings. The molecule has 5 heteroatoms. The van der Waals surface area contributed by atoms with Crippen LogP contribution in [-0.2, 0) is 11.8 Å². The number of nitrogens with zero attached hydrogens (tertiary/aromatic N) is 3. The lowest BCUT2D eigenvalue weighted by Gasteiger charge is -2.16. The van der Waals surface area contributed by atoms with Gasteiger partial charge in [-0.2, -0.15) is 0 Å². The number of rotatable bonds is 2. The highest BCUT2D eigenvalue weighted by molar-refractivity contribution is 5.03. The van der Waals surface area contributed by atoms with Gasteiger partial charge in [-0.3, -0.25) is 4.68 Å². The molecule has 0 radical (unpaired) electrons. The number of aryl methyl sites for hydroxylation is 1. The molecule has 2 unspecified atom stereocenters. The second-order valence-corrected chi connectivity index (χ2v) is 3.43. The predicted octanol–water partition coefficient (Wildman–Crippen LogP) is -0.149. The standard InChI is InChI=1S/C8H14N4O/c1-12-7(4-10-11-12)8(9)6-2-3-13-5-6/h4,6,8H,2-3,5,9H2,1H3. The minimum atomic E-state index is 0.00231. The molecule has 1 aromatic heterocycles. The van der Waals surface area contributed by atoms with Crippen molar-refractivity contribution in [3.8, 4) is 0 Å².